The van der Waals surface area contributed by atoms with Crippen molar-refractivity contribution in [3.05, 3.63) is 35.9 Å². The Morgan fingerprint density at radius 2 is 1.93 bits per heavy atom. The quantitative estimate of drug-likeness (QED) is 0.696. The standard InChI is InChI=1S/C13H16O/c1-10(14)12-8-5-9-13(12)11-6-3-2-4-7-11/h2-4,6-7,12-13H,5,8-9H2,1H3. The van der Waals surface area contributed by atoms with Gasteiger partial charge >= 0.3 is 0 Å². The largest absolute Gasteiger partial charge is 0.300 e. The van der Waals surface area contributed by atoms with E-state index in [1.807, 2.05) is 6.07 Å². The lowest BCUT2D eigenvalue weighted by Gasteiger charge is -2.16. The third-order valence-corrected chi connectivity index (χ3v) is 3.27. The van der Waals surface area contributed by atoms with Crippen LogP contribution in [0.5, 0.6) is 0 Å². The highest BCUT2D eigenvalue weighted by Gasteiger charge is 2.31. The SMILES string of the molecule is CC(=O)C1CCCC1c1ccccc1. The molecule has 0 spiro atoms. The summed E-state index contributed by atoms with van der Waals surface area (Å²) in [4.78, 5) is 11.4. The van der Waals surface area contributed by atoms with Crippen molar-refractivity contribution in [1.29, 1.82) is 0 Å². The molecule has 0 saturated heterocycles. The van der Waals surface area contributed by atoms with Gasteiger partial charge in [-0.15, -0.1) is 0 Å². The van der Waals surface area contributed by atoms with Crippen LogP contribution in [0.2, 0.25) is 0 Å². The molecule has 2 unspecified atom stereocenters. The highest BCUT2D eigenvalue weighted by molar-refractivity contribution is 5.79. The Bertz CT molecular complexity index is 315. The second kappa shape index (κ2) is 3.95. The first kappa shape index (κ1) is 9.45. The molecule has 14 heavy (non-hydrogen) atoms. The molecule has 0 N–H and O–H groups in total. The summed E-state index contributed by atoms with van der Waals surface area (Å²) in [6.45, 7) is 1.73. The third kappa shape index (κ3) is 1.72. The monoisotopic (exact) mass is 188 g/mol. The molecule has 2 atom stereocenters. The number of ketones is 1. The van der Waals surface area contributed by atoms with Gasteiger partial charge in [-0.2, -0.15) is 0 Å². The lowest BCUT2D eigenvalue weighted by atomic mass is 9.87. The zero-order valence-electron chi connectivity index (χ0n) is 8.57. The number of hydrogen-bond donors (Lipinski definition) is 0. The van der Waals surface area contributed by atoms with E-state index in [0.29, 0.717) is 11.7 Å². The lowest BCUT2D eigenvalue weighted by molar-refractivity contribution is -0.120. The Labute approximate surface area is 85.1 Å². The summed E-state index contributed by atoms with van der Waals surface area (Å²) in [6.07, 6.45) is 3.45. The Kier molecular flexibility index (Phi) is 2.67. The van der Waals surface area contributed by atoms with Gasteiger partial charge in [0.15, 0.2) is 0 Å². The molecule has 74 valence electrons. The molecule has 1 aromatic rings. The van der Waals surface area contributed by atoms with E-state index in [1.165, 1.54) is 18.4 Å². The second-order valence-corrected chi connectivity index (χ2v) is 4.17. The van der Waals surface area contributed by atoms with Crippen LogP contribution in [0.4, 0.5) is 0 Å². The first-order valence-corrected chi connectivity index (χ1v) is 5.34. The summed E-state index contributed by atoms with van der Waals surface area (Å²) in [6, 6.07) is 10.4. The van der Waals surface area contributed by atoms with Crippen LogP contribution in [-0.4, -0.2) is 5.78 Å². The molecule has 0 radical (unpaired) electrons. The number of Topliss-reactive ketones (excluding diaryl/α,β-unsaturated/α-hetero) is 1. The van der Waals surface area contributed by atoms with E-state index in [-0.39, 0.29) is 5.92 Å². The van der Waals surface area contributed by atoms with Gasteiger partial charge in [0.2, 0.25) is 0 Å². The van der Waals surface area contributed by atoms with Gasteiger partial charge in [-0.3, -0.25) is 4.79 Å². The highest BCUT2D eigenvalue weighted by atomic mass is 16.1. The average Bonchev–Trinajstić information content (AvgIpc) is 2.67. The fourth-order valence-electron chi connectivity index (χ4n) is 2.55. The number of carbonyl (C=O) groups excluding carboxylic acids is 1. The minimum absolute atomic E-state index is 0.275. The zero-order chi connectivity index (χ0) is 9.97. The van der Waals surface area contributed by atoms with E-state index >= 15 is 0 Å². The average molecular weight is 188 g/mol. The molecule has 0 bridgehead atoms. The fraction of sp³-hybridized carbons (Fsp3) is 0.462. The van der Waals surface area contributed by atoms with Crippen LogP contribution in [0.15, 0.2) is 30.3 Å². The van der Waals surface area contributed by atoms with E-state index in [2.05, 4.69) is 24.3 Å². The van der Waals surface area contributed by atoms with Crippen molar-refractivity contribution in [2.75, 3.05) is 0 Å². The first-order valence-electron chi connectivity index (χ1n) is 5.34. The molecule has 0 amide bonds. The van der Waals surface area contributed by atoms with Gasteiger partial charge in [-0.25, -0.2) is 0 Å². The fourth-order valence-corrected chi connectivity index (χ4v) is 2.55. The van der Waals surface area contributed by atoms with Crippen molar-refractivity contribution in [3.8, 4) is 0 Å². The van der Waals surface area contributed by atoms with Crippen LogP contribution in [0.3, 0.4) is 0 Å². The molecule has 1 fully saturated rings. The molecule has 2 rings (SSSR count). The summed E-state index contributed by atoms with van der Waals surface area (Å²) in [5, 5.41) is 0. The molecular formula is C13H16O. The summed E-state index contributed by atoms with van der Waals surface area (Å²) in [5.74, 6) is 1.11. The molecule has 1 saturated carbocycles. The predicted octanol–water partition coefficient (Wildman–Crippen LogP) is 3.16. The van der Waals surface area contributed by atoms with E-state index < -0.39 is 0 Å². The normalized spacial score (nSPS) is 26.4. The topological polar surface area (TPSA) is 17.1 Å². The van der Waals surface area contributed by atoms with Gasteiger partial charge in [0.25, 0.3) is 0 Å². The highest BCUT2D eigenvalue weighted by Crippen LogP contribution is 2.39. The van der Waals surface area contributed by atoms with Crippen molar-refractivity contribution in [2.45, 2.75) is 32.1 Å². The van der Waals surface area contributed by atoms with Crippen LogP contribution in [0.1, 0.15) is 37.7 Å². The zero-order valence-corrected chi connectivity index (χ0v) is 8.57. The molecule has 0 heterocycles. The number of carbonyl (C=O) groups is 1. The molecule has 1 aliphatic rings. The van der Waals surface area contributed by atoms with Gasteiger partial charge in [-0.1, -0.05) is 36.8 Å². The van der Waals surface area contributed by atoms with Gasteiger partial charge in [0.05, 0.1) is 0 Å². The summed E-state index contributed by atoms with van der Waals surface area (Å²) < 4.78 is 0. The predicted molar refractivity (Wildman–Crippen MR) is 57.2 cm³/mol. The van der Waals surface area contributed by atoms with Crippen LogP contribution in [-0.2, 0) is 4.79 Å². The summed E-state index contributed by atoms with van der Waals surface area (Å²) in [5.41, 5.74) is 1.34. The van der Waals surface area contributed by atoms with Crippen molar-refractivity contribution in [1.82, 2.24) is 0 Å². The van der Waals surface area contributed by atoms with E-state index in [0.717, 1.165) is 6.42 Å². The molecule has 0 aliphatic heterocycles. The smallest absolute Gasteiger partial charge is 0.133 e. The number of hydrogen-bond acceptors (Lipinski definition) is 1. The van der Waals surface area contributed by atoms with Crippen molar-refractivity contribution >= 4 is 5.78 Å². The summed E-state index contributed by atoms with van der Waals surface area (Å²) in [7, 11) is 0. The number of benzene rings is 1. The second-order valence-electron chi connectivity index (χ2n) is 4.17. The van der Waals surface area contributed by atoms with E-state index in [9.17, 15) is 4.79 Å². The van der Waals surface area contributed by atoms with Crippen LogP contribution < -0.4 is 0 Å². The first-order chi connectivity index (χ1) is 6.79. The van der Waals surface area contributed by atoms with Crippen molar-refractivity contribution < 1.29 is 4.79 Å². The molecule has 1 aromatic carbocycles. The van der Waals surface area contributed by atoms with Gasteiger partial charge in [0.1, 0.15) is 5.78 Å². The maximum Gasteiger partial charge on any atom is 0.133 e. The maximum atomic E-state index is 11.4. The van der Waals surface area contributed by atoms with E-state index in [4.69, 9.17) is 0 Å². The Morgan fingerprint density at radius 3 is 2.57 bits per heavy atom. The third-order valence-electron chi connectivity index (χ3n) is 3.27. The molecule has 1 nitrogen and oxygen atoms in total. The Morgan fingerprint density at radius 1 is 1.21 bits per heavy atom. The summed E-state index contributed by atoms with van der Waals surface area (Å²) >= 11 is 0. The maximum absolute atomic E-state index is 11.4. The van der Waals surface area contributed by atoms with Crippen LogP contribution >= 0.6 is 0 Å². The van der Waals surface area contributed by atoms with E-state index in [1.54, 1.807) is 6.92 Å². The van der Waals surface area contributed by atoms with Gasteiger partial charge in [-0.05, 0) is 31.2 Å². The van der Waals surface area contributed by atoms with Gasteiger partial charge < -0.3 is 0 Å². The van der Waals surface area contributed by atoms with Crippen LogP contribution in [0.25, 0.3) is 0 Å². The Balaban J connectivity index is 2.22. The Hall–Kier alpha value is -1.11. The molecule has 1 heteroatoms. The van der Waals surface area contributed by atoms with Crippen molar-refractivity contribution in [2.24, 2.45) is 5.92 Å². The molecule has 1 aliphatic carbocycles. The minimum atomic E-state index is 0.275. The lowest BCUT2D eigenvalue weighted by Crippen LogP contribution is -2.14. The van der Waals surface area contributed by atoms with Crippen LogP contribution in [0, 0.1) is 5.92 Å². The minimum Gasteiger partial charge on any atom is -0.300 e. The molecule has 0 aromatic heterocycles. The van der Waals surface area contributed by atoms with Gasteiger partial charge in [0, 0.05) is 5.92 Å². The molecular weight excluding hydrogens is 172 g/mol. The van der Waals surface area contributed by atoms with Crippen molar-refractivity contribution in [3.63, 3.8) is 0 Å². The number of rotatable bonds is 2.